The summed E-state index contributed by atoms with van der Waals surface area (Å²) < 4.78 is 27.2. The SMILES string of the molecule is CNC(=O)c1c(NC(=O)c2ccc(S(=O)(=O)N(C)Cc3ccccc3)cc2)sc2c1CCCC2. The minimum absolute atomic E-state index is 0.111. The lowest BCUT2D eigenvalue weighted by atomic mass is 9.95. The molecule has 0 radical (unpaired) electrons. The van der Waals surface area contributed by atoms with Gasteiger partial charge in [-0.2, -0.15) is 4.31 Å². The van der Waals surface area contributed by atoms with E-state index in [2.05, 4.69) is 10.6 Å². The lowest BCUT2D eigenvalue weighted by Crippen LogP contribution is -2.26. The molecule has 0 saturated carbocycles. The first-order chi connectivity index (χ1) is 16.3. The third-order valence-corrected chi connectivity index (χ3v) is 8.95. The van der Waals surface area contributed by atoms with Crippen molar-refractivity contribution >= 4 is 38.2 Å². The molecule has 0 spiro atoms. The molecule has 1 aliphatic rings. The summed E-state index contributed by atoms with van der Waals surface area (Å²) in [7, 11) is -0.603. The molecule has 0 bridgehead atoms. The van der Waals surface area contributed by atoms with E-state index in [1.807, 2.05) is 30.3 Å². The van der Waals surface area contributed by atoms with Gasteiger partial charge < -0.3 is 10.6 Å². The standard InChI is InChI=1S/C25H27N3O4S2/c1-26-24(30)22-20-10-6-7-11-21(20)33-25(22)27-23(29)18-12-14-19(15-13-18)34(31,32)28(2)16-17-8-4-3-5-9-17/h3-5,8-9,12-15H,6-7,10-11,16H2,1-2H3,(H,26,30)(H,27,29). The topological polar surface area (TPSA) is 95.6 Å². The fourth-order valence-corrected chi connectivity index (χ4v) is 6.52. The summed E-state index contributed by atoms with van der Waals surface area (Å²) in [6, 6.07) is 15.2. The maximum absolute atomic E-state index is 13.0. The van der Waals surface area contributed by atoms with Crippen molar-refractivity contribution in [3.63, 3.8) is 0 Å². The van der Waals surface area contributed by atoms with Gasteiger partial charge in [0.05, 0.1) is 10.5 Å². The molecule has 4 rings (SSSR count). The van der Waals surface area contributed by atoms with Crippen molar-refractivity contribution in [1.82, 2.24) is 9.62 Å². The van der Waals surface area contributed by atoms with E-state index < -0.39 is 10.0 Å². The molecule has 2 amide bonds. The number of amides is 2. The second-order valence-corrected chi connectivity index (χ2v) is 11.4. The minimum Gasteiger partial charge on any atom is -0.355 e. The van der Waals surface area contributed by atoms with E-state index >= 15 is 0 Å². The van der Waals surface area contributed by atoms with E-state index in [0.29, 0.717) is 16.1 Å². The second-order valence-electron chi connectivity index (χ2n) is 8.22. The number of thiophene rings is 1. The zero-order chi connectivity index (χ0) is 24.3. The van der Waals surface area contributed by atoms with Crippen LogP contribution in [0.15, 0.2) is 59.5 Å². The molecule has 178 valence electrons. The van der Waals surface area contributed by atoms with Crippen LogP contribution in [-0.2, 0) is 29.4 Å². The Morgan fingerprint density at radius 2 is 1.65 bits per heavy atom. The van der Waals surface area contributed by atoms with Crippen LogP contribution in [0.4, 0.5) is 5.00 Å². The van der Waals surface area contributed by atoms with Crippen molar-refractivity contribution in [2.75, 3.05) is 19.4 Å². The van der Waals surface area contributed by atoms with Gasteiger partial charge in [-0.3, -0.25) is 9.59 Å². The van der Waals surface area contributed by atoms with Gasteiger partial charge in [-0.15, -0.1) is 11.3 Å². The van der Waals surface area contributed by atoms with Gasteiger partial charge in [0.2, 0.25) is 10.0 Å². The van der Waals surface area contributed by atoms with Gasteiger partial charge in [0.25, 0.3) is 11.8 Å². The predicted octanol–water partition coefficient (Wildman–Crippen LogP) is 4.06. The summed E-state index contributed by atoms with van der Waals surface area (Å²) in [6.45, 7) is 0.247. The Morgan fingerprint density at radius 3 is 2.32 bits per heavy atom. The van der Waals surface area contributed by atoms with Crippen LogP contribution in [0.5, 0.6) is 0 Å². The highest BCUT2D eigenvalue weighted by Crippen LogP contribution is 2.38. The summed E-state index contributed by atoms with van der Waals surface area (Å²) in [4.78, 5) is 26.7. The smallest absolute Gasteiger partial charge is 0.256 e. The first-order valence-electron chi connectivity index (χ1n) is 11.1. The van der Waals surface area contributed by atoms with Crippen LogP contribution in [0, 0.1) is 0 Å². The summed E-state index contributed by atoms with van der Waals surface area (Å²) >= 11 is 1.45. The zero-order valence-electron chi connectivity index (χ0n) is 19.1. The summed E-state index contributed by atoms with van der Waals surface area (Å²) in [5.41, 5.74) is 2.76. The van der Waals surface area contributed by atoms with Crippen LogP contribution in [0.1, 0.15) is 49.6 Å². The molecule has 0 atom stereocenters. The molecule has 34 heavy (non-hydrogen) atoms. The number of anilines is 1. The molecule has 0 fully saturated rings. The lowest BCUT2D eigenvalue weighted by Gasteiger charge is -2.17. The van der Waals surface area contributed by atoms with E-state index in [9.17, 15) is 18.0 Å². The fourth-order valence-electron chi connectivity index (χ4n) is 4.08. The van der Waals surface area contributed by atoms with E-state index in [4.69, 9.17) is 0 Å². The molecule has 7 nitrogen and oxygen atoms in total. The number of nitrogens with zero attached hydrogens (tertiary/aromatic N) is 1. The summed E-state index contributed by atoms with van der Waals surface area (Å²) in [6.07, 6.45) is 3.83. The Morgan fingerprint density at radius 1 is 0.971 bits per heavy atom. The molecule has 1 aliphatic carbocycles. The molecule has 9 heteroatoms. The molecular weight excluding hydrogens is 470 g/mol. The van der Waals surface area contributed by atoms with Crippen LogP contribution < -0.4 is 10.6 Å². The van der Waals surface area contributed by atoms with Crippen LogP contribution in [0.25, 0.3) is 0 Å². The predicted molar refractivity (Wildman–Crippen MR) is 134 cm³/mol. The number of nitrogens with one attached hydrogen (secondary N) is 2. The Labute approximate surface area is 203 Å². The van der Waals surface area contributed by atoms with Crippen molar-refractivity contribution in [1.29, 1.82) is 0 Å². The van der Waals surface area contributed by atoms with E-state index in [0.717, 1.165) is 41.7 Å². The summed E-state index contributed by atoms with van der Waals surface area (Å²) in [5.74, 6) is -0.595. The highest BCUT2D eigenvalue weighted by molar-refractivity contribution is 7.89. The molecule has 2 N–H and O–H groups in total. The zero-order valence-corrected chi connectivity index (χ0v) is 20.8. The number of rotatable bonds is 7. The Hall–Kier alpha value is -3.01. The van der Waals surface area contributed by atoms with Gasteiger partial charge >= 0.3 is 0 Å². The first-order valence-corrected chi connectivity index (χ1v) is 13.3. The molecule has 3 aromatic rings. The van der Waals surface area contributed by atoms with E-state index in [1.165, 1.54) is 47.0 Å². The van der Waals surface area contributed by atoms with Crippen LogP contribution in [-0.4, -0.2) is 38.6 Å². The molecule has 0 unspecified atom stereocenters. The van der Waals surface area contributed by atoms with Crippen molar-refractivity contribution in [2.24, 2.45) is 0 Å². The number of aryl methyl sites for hydroxylation is 1. The van der Waals surface area contributed by atoms with Gasteiger partial charge in [0.15, 0.2) is 0 Å². The van der Waals surface area contributed by atoms with Crippen LogP contribution in [0.2, 0.25) is 0 Å². The van der Waals surface area contributed by atoms with Crippen molar-refractivity contribution in [2.45, 2.75) is 37.1 Å². The van der Waals surface area contributed by atoms with Gasteiger partial charge in [0.1, 0.15) is 5.00 Å². The van der Waals surface area contributed by atoms with Crippen molar-refractivity contribution in [3.05, 3.63) is 81.7 Å². The fraction of sp³-hybridized carbons (Fsp3) is 0.280. The molecule has 1 heterocycles. The number of hydrogen-bond donors (Lipinski definition) is 2. The number of hydrogen-bond acceptors (Lipinski definition) is 5. The molecule has 2 aromatic carbocycles. The molecule has 0 saturated heterocycles. The molecular formula is C25H27N3O4S2. The molecule has 1 aromatic heterocycles. The Kier molecular flexibility index (Phi) is 7.16. The van der Waals surface area contributed by atoms with Crippen LogP contribution >= 0.6 is 11.3 Å². The monoisotopic (exact) mass is 497 g/mol. The quantitative estimate of drug-likeness (QED) is 0.515. The van der Waals surface area contributed by atoms with E-state index in [-0.39, 0.29) is 23.3 Å². The van der Waals surface area contributed by atoms with E-state index in [1.54, 1.807) is 7.05 Å². The van der Waals surface area contributed by atoms with Gasteiger partial charge in [-0.1, -0.05) is 30.3 Å². The third kappa shape index (κ3) is 4.91. The average molecular weight is 498 g/mol. The number of fused-ring (bicyclic) bond motifs is 1. The van der Waals surface area contributed by atoms with Gasteiger partial charge in [0, 0.05) is 31.1 Å². The molecule has 0 aliphatic heterocycles. The maximum Gasteiger partial charge on any atom is 0.256 e. The second kappa shape index (κ2) is 10.1. The number of carbonyl (C=O) groups excluding carboxylic acids is 2. The minimum atomic E-state index is -3.71. The normalized spacial score (nSPS) is 13.4. The number of carbonyl (C=O) groups is 2. The van der Waals surface area contributed by atoms with Crippen molar-refractivity contribution in [3.8, 4) is 0 Å². The first kappa shape index (κ1) is 24.1. The third-order valence-electron chi connectivity index (χ3n) is 5.93. The number of benzene rings is 2. The highest BCUT2D eigenvalue weighted by Gasteiger charge is 2.26. The Bertz CT molecular complexity index is 1300. The average Bonchev–Trinajstić information content (AvgIpc) is 3.22. The van der Waals surface area contributed by atoms with Crippen LogP contribution in [0.3, 0.4) is 0 Å². The summed E-state index contributed by atoms with van der Waals surface area (Å²) in [5, 5.41) is 6.08. The van der Waals surface area contributed by atoms with Gasteiger partial charge in [-0.05, 0) is 61.1 Å². The van der Waals surface area contributed by atoms with Crippen molar-refractivity contribution < 1.29 is 18.0 Å². The highest BCUT2D eigenvalue weighted by atomic mass is 32.2. The number of sulfonamides is 1. The largest absolute Gasteiger partial charge is 0.355 e. The Balaban J connectivity index is 1.52. The van der Waals surface area contributed by atoms with Gasteiger partial charge in [-0.25, -0.2) is 8.42 Å². The maximum atomic E-state index is 13.0. The lowest BCUT2D eigenvalue weighted by molar-refractivity contribution is 0.0963.